The second-order valence-electron chi connectivity index (χ2n) is 4.30. The largest absolute Gasteiger partial charge is 0.481 e. The van der Waals surface area contributed by atoms with E-state index in [1.54, 1.807) is 0 Å². The number of fused-ring (bicyclic) bond motifs is 1. The van der Waals surface area contributed by atoms with Crippen molar-refractivity contribution >= 4 is 5.97 Å². The standard InChI is InChI=1S/C11H16N2O2/c1-8-6-10-4-2-9(3-5-11(14)15)7-13(10)12-8/h6,9H,2-5,7H2,1H3,(H,14,15). The van der Waals surface area contributed by atoms with Gasteiger partial charge < -0.3 is 5.11 Å². The van der Waals surface area contributed by atoms with E-state index in [0.717, 1.165) is 31.5 Å². The first-order chi connectivity index (χ1) is 7.15. The fourth-order valence-corrected chi connectivity index (χ4v) is 2.21. The van der Waals surface area contributed by atoms with Crippen LogP contribution in [0.4, 0.5) is 0 Å². The average Bonchev–Trinajstić information content (AvgIpc) is 2.53. The SMILES string of the molecule is Cc1cc2n(n1)CC(CCC(=O)O)CC2. The minimum Gasteiger partial charge on any atom is -0.481 e. The van der Waals surface area contributed by atoms with Crippen LogP contribution in [0.1, 0.15) is 30.7 Å². The highest BCUT2D eigenvalue weighted by Gasteiger charge is 2.20. The minimum atomic E-state index is -0.697. The predicted octanol–water partition coefficient (Wildman–Crippen LogP) is 1.62. The lowest BCUT2D eigenvalue weighted by atomic mass is 9.94. The van der Waals surface area contributed by atoms with Gasteiger partial charge in [0.15, 0.2) is 0 Å². The van der Waals surface area contributed by atoms with Crippen LogP contribution in [0.2, 0.25) is 0 Å². The number of carbonyl (C=O) groups is 1. The third-order valence-corrected chi connectivity index (χ3v) is 2.99. The van der Waals surface area contributed by atoms with E-state index < -0.39 is 5.97 Å². The highest BCUT2D eigenvalue weighted by Crippen LogP contribution is 2.23. The molecule has 0 amide bonds. The highest BCUT2D eigenvalue weighted by atomic mass is 16.4. The summed E-state index contributed by atoms with van der Waals surface area (Å²) in [5.74, 6) is -0.217. The van der Waals surface area contributed by atoms with Gasteiger partial charge in [-0.2, -0.15) is 5.10 Å². The number of carboxylic acids is 1. The van der Waals surface area contributed by atoms with Crippen LogP contribution in [0.5, 0.6) is 0 Å². The Hall–Kier alpha value is -1.32. The van der Waals surface area contributed by atoms with E-state index in [0.29, 0.717) is 5.92 Å². The Bertz CT molecular complexity index is 371. The fourth-order valence-electron chi connectivity index (χ4n) is 2.21. The summed E-state index contributed by atoms with van der Waals surface area (Å²) in [7, 11) is 0. The zero-order valence-electron chi connectivity index (χ0n) is 8.94. The Balaban J connectivity index is 1.96. The van der Waals surface area contributed by atoms with Gasteiger partial charge in [0.1, 0.15) is 0 Å². The molecule has 1 N–H and O–H groups in total. The third-order valence-electron chi connectivity index (χ3n) is 2.99. The molecule has 2 heterocycles. The monoisotopic (exact) mass is 208 g/mol. The number of carboxylic acid groups (broad SMARTS) is 1. The average molecular weight is 208 g/mol. The summed E-state index contributed by atoms with van der Waals surface area (Å²) in [6, 6.07) is 2.12. The van der Waals surface area contributed by atoms with Gasteiger partial charge in [0, 0.05) is 18.7 Å². The molecule has 0 saturated carbocycles. The van der Waals surface area contributed by atoms with E-state index in [2.05, 4.69) is 11.2 Å². The Labute approximate surface area is 88.9 Å². The van der Waals surface area contributed by atoms with E-state index in [9.17, 15) is 4.79 Å². The van der Waals surface area contributed by atoms with Crippen molar-refractivity contribution < 1.29 is 9.90 Å². The van der Waals surface area contributed by atoms with Crippen LogP contribution in [0.25, 0.3) is 0 Å². The first kappa shape index (κ1) is 10.2. The molecule has 1 aromatic rings. The zero-order valence-corrected chi connectivity index (χ0v) is 8.94. The molecule has 82 valence electrons. The number of aromatic nitrogens is 2. The first-order valence-electron chi connectivity index (χ1n) is 5.40. The van der Waals surface area contributed by atoms with Gasteiger partial charge in [0.2, 0.25) is 0 Å². The molecule has 2 rings (SSSR count). The maximum atomic E-state index is 10.5. The minimum absolute atomic E-state index is 0.278. The maximum Gasteiger partial charge on any atom is 0.303 e. The molecule has 4 heteroatoms. The Morgan fingerprint density at radius 3 is 3.27 bits per heavy atom. The van der Waals surface area contributed by atoms with Crippen LogP contribution < -0.4 is 0 Å². The van der Waals surface area contributed by atoms with Gasteiger partial charge in [-0.1, -0.05) is 0 Å². The van der Waals surface area contributed by atoms with Crippen LogP contribution in [-0.2, 0) is 17.8 Å². The third kappa shape index (κ3) is 2.37. The normalized spacial score (nSPS) is 19.9. The van der Waals surface area contributed by atoms with Crippen LogP contribution in [0.15, 0.2) is 6.07 Å². The number of nitrogens with zero attached hydrogens (tertiary/aromatic N) is 2. The summed E-state index contributed by atoms with van der Waals surface area (Å²) >= 11 is 0. The smallest absolute Gasteiger partial charge is 0.303 e. The zero-order chi connectivity index (χ0) is 10.8. The molecule has 1 aliphatic heterocycles. The number of hydrogen-bond acceptors (Lipinski definition) is 2. The molecular formula is C11H16N2O2. The van der Waals surface area contributed by atoms with E-state index >= 15 is 0 Å². The summed E-state index contributed by atoms with van der Waals surface area (Å²) in [4.78, 5) is 10.5. The van der Waals surface area contributed by atoms with Crippen LogP contribution in [-0.4, -0.2) is 20.9 Å². The number of aryl methyl sites for hydroxylation is 2. The number of hydrogen-bond donors (Lipinski definition) is 1. The summed E-state index contributed by atoms with van der Waals surface area (Å²) in [6.07, 6.45) is 3.18. The highest BCUT2D eigenvalue weighted by molar-refractivity contribution is 5.66. The molecule has 1 aliphatic rings. The van der Waals surface area contributed by atoms with Gasteiger partial charge in [-0.3, -0.25) is 9.48 Å². The Morgan fingerprint density at radius 2 is 2.53 bits per heavy atom. The summed E-state index contributed by atoms with van der Waals surface area (Å²) in [5.41, 5.74) is 2.35. The Kier molecular flexibility index (Phi) is 2.75. The van der Waals surface area contributed by atoms with Crippen molar-refractivity contribution in [2.24, 2.45) is 5.92 Å². The quantitative estimate of drug-likeness (QED) is 0.821. The molecule has 1 aromatic heterocycles. The molecule has 15 heavy (non-hydrogen) atoms. The van der Waals surface area contributed by atoms with Crippen molar-refractivity contribution in [1.29, 1.82) is 0 Å². The topological polar surface area (TPSA) is 55.1 Å². The van der Waals surface area contributed by atoms with Gasteiger partial charge >= 0.3 is 5.97 Å². The van der Waals surface area contributed by atoms with Crippen molar-refractivity contribution in [3.63, 3.8) is 0 Å². The van der Waals surface area contributed by atoms with Crippen molar-refractivity contribution in [1.82, 2.24) is 9.78 Å². The van der Waals surface area contributed by atoms with Crippen LogP contribution in [0.3, 0.4) is 0 Å². The predicted molar refractivity (Wildman–Crippen MR) is 55.6 cm³/mol. The van der Waals surface area contributed by atoms with E-state index in [1.807, 2.05) is 11.6 Å². The molecule has 0 spiro atoms. The van der Waals surface area contributed by atoms with E-state index in [1.165, 1.54) is 5.69 Å². The van der Waals surface area contributed by atoms with E-state index in [4.69, 9.17) is 5.11 Å². The second kappa shape index (κ2) is 4.04. The maximum absolute atomic E-state index is 10.5. The Morgan fingerprint density at radius 1 is 1.73 bits per heavy atom. The second-order valence-corrected chi connectivity index (χ2v) is 4.30. The number of rotatable bonds is 3. The van der Waals surface area contributed by atoms with Gasteiger partial charge in [-0.15, -0.1) is 0 Å². The van der Waals surface area contributed by atoms with Gasteiger partial charge in [-0.25, -0.2) is 0 Å². The molecule has 1 unspecified atom stereocenters. The fraction of sp³-hybridized carbons (Fsp3) is 0.636. The van der Waals surface area contributed by atoms with Crippen molar-refractivity contribution in [2.75, 3.05) is 0 Å². The summed E-state index contributed by atoms with van der Waals surface area (Å²) in [6.45, 7) is 2.88. The summed E-state index contributed by atoms with van der Waals surface area (Å²) < 4.78 is 2.03. The molecule has 0 bridgehead atoms. The van der Waals surface area contributed by atoms with Gasteiger partial charge in [-0.05, 0) is 38.2 Å². The lowest BCUT2D eigenvalue weighted by Gasteiger charge is -2.22. The summed E-state index contributed by atoms with van der Waals surface area (Å²) in [5, 5.41) is 13.0. The van der Waals surface area contributed by atoms with Crippen LogP contribution >= 0.6 is 0 Å². The molecule has 0 aliphatic carbocycles. The first-order valence-corrected chi connectivity index (χ1v) is 5.40. The lowest BCUT2D eigenvalue weighted by molar-refractivity contribution is -0.137. The molecule has 0 fully saturated rings. The molecule has 0 saturated heterocycles. The molecule has 0 radical (unpaired) electrons. The van der Waals surface area contributed by atoms with Crippen LogP contribution in [0, 0.1) is 12.8 Å². The van der Waals surface area contributed by atoms with Gasteiger partial charge in [0.25, 0.3) is 0 Å². The molecule has 4 nitrogen and oxygen atoms in total. The molecule has 1 atom stereocenters. The van der Waals surface area contributed by atoms with Crippen molar-refractivity contribution in [3.05, 3.63) is 17.5 Å². The van der Waals surface area contributed by atoms with Gasteiger partial charge in [0.05, 0.1) is 5.69 Å². The molecule has 0 aromatic carbocycles. The van der Waals surface area contributed by atoms with Crippen molar-refractivity contribution in [2.45, 2.75) is 39.2 Å². The van der Waals surface area contributed by atoms with E-state index in [-0.39, 0.29) is 6.42 Å². The number of aliphatic carboxylic acids is 1. The lowest BCUT2D eigenvalue weighted by Crippen LogP contribution is -2.21. The molecular weight excluding hydrogens is 192 g/mol. The van der Waals surface area contributed by atoms with Crippen molar-refractivity contribution in [3.8, 4) is 0 Å².